The first-order valence-electron chi connectivity index (χ1n) is 23.3. The van der Waals surface area contributed by atoms with E-state index >= 15 is 0 Å². The van der Waals surface area contributed by atoms with Crippen molar-refractivity contribution in [3.05, 3.63) is 36.5 Å². The monoisotopic (exact) mass is 888 g/mol. The van der Waals surface area contributed by atoms with Gasteiger partial charge in [0.15, 0.2) is 6.10 Å². The molecule has 1 unspecified atom stereocenters. The highest BCUT2D eigenvalue weighted by Crippen LogP contribution is 2.43. The van der Waals surface area contributed by atoms with E-state index in [1.807, 2.05) is 6.08 Å². The van der Waals surface area contributed by atoms with Gasteiger partial charge in [-0.1, -0.05) is 134 Å². The number of phosphoric acid groups is 1. The van der Waals surface area contributed by atoms with Crippen LogP contribution in [0.25, 0.3) is 0 Å². The summed E-state index contributed by atoms with van der Waals surface area (Å²) < 4.78 is 32.8. The van der Waals surface area contributed by atoms with Crippen molar-refractivity contribution in [2.75, 3.05) is 19.8 Å². The van der Waals surface area contributed by atoms with Crippen LogP contribution in [0.2, 0.25) is 0 Å². The van der Waals surface area contributed by atoms with Gasteiger partial charge in [0, 0.05) is 25.2 Å². The molecule has 61 heavy (non-hydrogen) atoms. The molecule has 354 valence electrons. The normalized spacial score (nSPS) is 20.6. The van der Waals surface area contributed by atoms with Gasteiger partial charge in [-0.05, 0) is 63.7 Å². The van der Waals surface area contributed by atoms with E-state index in [-0.39, 0.29) is 24.7 Å². The molecule has 0 saturated heterocycles. The Morgan fingerprint density at radius 3 is 1.92 bits per heavy atom. The topological polar surface area (TPSA) is 232 Å². The number of aliphatic carboxylic acids is 1. The molecule has 0 aromatic heterocycles. The number of carbonyl (C=O) groups excluding carboxylic acids is 2. The van der Waals surface area contributed by atoms with Gasteiger partial charge in [-0.15, -0.1) is 0 Å². The molecular weight excluding hydrogens is 805 g/mol. The Labute approximate surface area is 366 Å². The minimum absolute atomic E-state index is 0.0931. The van der Waals surface area contributed by atoms with Crippen LogP contribution >= 0.6 is 7.82 Å². The summed E-state index contributed by atoms with van der Waals surface area (Å²) in [6.07, 6.45) is 31.2. The first-order valence-corrected chi connectivity index (χ1v) is 24.8. The Balaban J connectivity index is 2.45. The maximum atomic E-state index is 12.7. The Bertz CT molecular complexity index is 1290. The molecule has 0 aliphatic heterocycles. The van der Waals surface area contributed by atoms with Gasteiger partial charge in [-0.25, -0.2) is 4.57 Å². The average molecular weight is 888 g/mol. The smallest absolute Gasteiger partial charge is 0.472 e. The Hall–Kier alpha value is -2.42. The molecular formula is C46H82NO13P. The van der Waals surface area contributed by atoms with E-state index in [1.165, 1.54) is 19.3 Å². The number of aliphatic hydroxyl groups excluding tert-OH is 3. The van der Waals surface area contributed by atoms with Crippen molar-refractivity contribution < 1.29 is 62.8 Å². The van der Waals surface area contributed by atoms with Crippen LogP contribution in [-0.4, -0.2) is 93.5 Å². The lowest BCUT2D eigenvalue weighted by Gasteiger charge is -2.21. The third-order valence-corrected chi connectivity index (χ3v) is 11.9. The van der Waals surface area contributed by atoms with Crippen molar-refractivity contribution in [1.29, 1.82) is 0 Å². The molecule has 0 amide bonds. The molecule has 0 bridgehead atoms. The Morgan fingerprint density at radius 1 is 0.721 bits per heavy atom. The second kappa shape index (κ2) is 36.0. The zero-order chi connectivity index (χ0) is 45.1. The van der Waals surface area contributed by atoms with Gasteiger partial charge in [-0.3, -0.25) is 23.4 Å². The maximum Gasteiger partial charge on any atom is 0.472 e. The average Bonchev–Trinajstić information content (AvgIpc) is 3.49. The van der Waals surface area contributed by atoms with E-state index in [4.69, 9.17) is 24.8 Å². The highest BCUT2D eigenvalue weighted by atomic mass is 31.2. The van der Waals surface area contributed by atoms with Gasteiger partial charge in [0.25, 0.3) is 0 Å². The first kappa shape index (κ1) is 56.6. The molecule has 0 aromatic rings. The summed E-state index contributed by atoms with van der Waals surface area (Å²) in [4.78, 5) is 46.3. The summed E-state index contributed by atoms with van der Waals surface area (Å²) in [5, 5.41) is 40.3. The summed E-state index contributed by atoms with van der Waals surface area (Å²) in [7, 11) is -4.77. The van der Waals surface area contributed by atoms with Crippen LogP contribution in [-0.2, 0) is 37.5 Å². The number of carboxylic acids is 1. The van der Waals surface area contributed by atoms with Crippen LogP contribution in [0.3, 0.4) is 0 Å². The number of carboxylic acid groups (broad SMARTS) is 1. The lowest BCUT2D eigenvalue weighted by molar-refractivity contribution is -0.161. The second-order valence-corrected chi connectivity index (χ2v) is 18.0. The van der Waals surface area contributed by atoms with Gasteiger partial charge < -0.3 is 40.5 Å². The molecule has 0 spiro atoms. The van der Waals surface area contributed by atoms with Crippen LogP contribution in [0.15, 0.2) is 36.5 Å². The van der Waals surface area contributed by atoms with Crippen LogP contribution in [0.5, 0.6) is 0 Å². The van der Waals surface area contributed by atoms with E-state index in [0.717, 1.165) is 96.3 Å². The highest BCUT2D eigenvalue weighted by molar-refractivity contribution is 7.47. The third-order valence-electron chi connectivity index (χ3n) is 11.0. The van der Waals surface area contributed by atoms with Crippen molar-refractivity contribution in [2.45, 2.75) is 205 Å². The fourth-order valence-electron chi connectivity index (χ4n) is 7.25. The SMILES string of the molecule is CCCCC/C=C\C/C=C\CCCCCCCCCC(=O)O[C@H](COC(=O)CCCCCC[C@@H]1[C@@H](/C=C/[C@@H](O)CCCCC)[C@H](O)C[C@@H]1O)COP(=O)(O)OC[C@H](N)C(=O)O. The number of nitrogens with two attached hydrogens (primary N) is 1. The van der Waals surface area contributed by atoms with Gasteiger partial charge in [0.1, 0.15) is 12.6 Å². The van der Waals surface area contributed by atoms with E-state index in [1.54, 1.807) is 6.08 Å². The van der Waals surface area contributed by atoms with Crippen molar-refractivity contribution in [1.82, 2.24) is 0 Å². The van der Waals surface area contributed by atoms with E-state index in [9.17, 15) is 39.2 Å². The fourth-order valence-corrected chi connectivity index (χ4v) is 8.03. The van der Waals surface area contributed by atoms with Gasteiger partial charge in [-0.2, -0.15) is 0 Å². The molecule has 1 aliphatic carbocycles. The molecule has 15 heteroatoms. The number of allylic oxidation sites excluding steroid dienone is 4. The molecule has 0 radical (unpaired) electrons. The van der Waals surface area contributed by atoms with Gasteiger partial charge in [0.05, 0.1) is 31.5 Å². The Kier molecular flexibility index (Phi) is 33.4. The first-order chi connectivity index (χ1) is 29.3. The molecule has 0 aromatic carbocycles. The van der Waals surface area contributed by atoms with Crippen LogP contribution in [0, 0.1) is 11.8 Å². The summed E-state index contributed by atoms with van der Waals surface area (Å²) in [6, 6.07) is -1.56. The molecule has 1 rings (SSSR count). The lowest BCUT2D eigenvalue weighted by Crippen LogP contribution is -2.34. The largest absolute Gasteiger partial charge is 0.480 e. The van der Waals surface area contributed by atoms with E-state index in [2.05, 4.69) is 42.7 Å². The highest BCUT2D eigenvalue weighted by Gasteiger charge is 2.39. The molecule has 1 aliphatic rings. The lowest BCUT2D eigenvalue weighted by atomic mass is 9.88. The quantitative estimate of drug-likeness (QED) is 0.0147. The van der Waals surface area contributed by atoms with Crippen LogP contribution < -0.4 is 5.73 Å². The van der Waals surface area contributed by atoms with E-state index in [0.29, 0.717) is 32.1 Å². The van der Waals surface area contributed by atoms with Crippen molar-refractivity contribution in [2.24, 2.45) is 17.6 Å². The van der Waals surface area contributed by atoms with E-state index < -0.39 is 76.0 Å². The number of rotatable bonds is 39. The number of unbranched alkanes of at least 4 members (excludes halogenated alkanes) is 15. The Morgan fingerprint density at radius 2 is 1.28 bits per heavy atom. The van der Waals surface area contributed by atoms with Crippen molar-refractivity contribution in [3.63, 3.8) is 0 Å². The van der Waals surface area contributed by atoms with Crippen molar-refractivity contribution in [3.8, 4) is 0 Å². The zero-order valence-electron chi connectivity index (χ0n) is 37.3. The molecule has 1 saturated carbocycles. The molecule has 0 heterocycles. The molecule has 1 fully saturated rings. The number of phosphoric ester groups is 1. The summed E-state index contributed by atoms with van der Waals surface area (Å²) in [5.41, 5.74) is 5.34. The molecule has 14 nitrogen and oxygen atoms in total. The number of esters is 2. The number of aliphatic hydroxyl groups is 3. The predicted molar refractivity (Wildman–Crippen MR) is 237 cm³/mol. The zero-order valence-corrected chi connectivity index (χ0v) is 38.2. The second-order valence-electron chi connectivity index (χ2n) is 16.5. The summed E-state index contributed by atoms with van der Waals surface area (Å²) in [6.45, 7) is 2.46. The number of ether oxygens (including phenoxy) is 2. The van der Waals surface area contributed by atoms with Gasteiger partial charge >= 0.3 is 25.7 Å². The summed E-state index contributed by atoms with van der Waals surface area (Å²) >= 11 is 0. The number of carbonyl (C=O) groups is 3. The van der Waals surface area contributed by atoms with Crippen LogP contribution in [0.4, 0.5) is 0 Å². The standard InChI is InChI=1S/C46H82NO13P/c1-3-5-7-8-9-10-11-12-13-14-15-16-17-18-19-20-26-30-45(52)60-38(35-58-61(55,56)59-36-41(47)46(53)54)34-57-44(51)29-25-22-21-24-28-39-40(43(50)33-42(39)49)32-31-37(48)27-23-6-4-2/h9-10,12-13,31-32,37-43,48-50H,3-8,11,14-30,33-36,47H2,1-2H3,(H,53,54)(H,55,56)/b10-9-,13-12-,32-31+/t37-,38+,39+,40+,41-,42-,43+/m0/s1. The van der Waals surface area contributed by atoms with Crippen LogP contribution in [0.1, 0.15) is 174 Å². The number of hydrogen-bond donors (Lipinski definition) is 6. The minimum Gasteiger partial charge on any atom is -0.480 e. The minimum atomic E-state index is -4.77. The van der Waals surface area contributed by atoms with Crippen molar-refractivity contribution >= 4 is 25.7 Å². The van der Waals surface area contributed by atoms with Gasteiger partial charge in [0.2, 0.25) is 0 Å². The predicted octanol–water partition coefficient (Wildman–Crippen LogP) is 8.78. The molecule has 7 N–H and O–H groups in total. The number of hydrogen-bond acceptors (Lipinski definition) is 12. The maximum absolute atomic E-state index is 12.7. The fraction of sp³-hybridized carbons (Fsp3) is 0.804. The summed E-state index contributed by atoms with van der Waals surface area (Å²) in [5.74, 6) is -2.89. The molecule has 8 atom stereocenters. The third kappa shape index (κ3) is 30.3.